The third-order valence-corrected chi connectivity index (χ3v) is 4.01. The van der Waals surface area contributed by atoms with E-state index < -0.39 is 6.10 Å². The van der Waals surface area contributed by atoms with Crippen molar-refractivity contribution in [3.8, 4) is 0 Å². The largest absolute Gasteiger partial charge is 0.390 e. The Bertz CT molecular complexity index is 335. The predicted octanol–water partition coefficient (Wildman–Crippen LogP) is 0.378. The summed E-state index contributed by atoms with van der Waals surface area (Å²) in [5, 5.41) is 13.1. The lowest BCUT2D eigenvalue weighted by Crippen LogP contribution is -2.42. The molecule has 0 bridgehead atoms. The van der Waals surface area contributed by atoms with Crippen LogP contribution in [0.2, 0.25) is 0 Å². The molecular weight excluding hydrogens is 244 g/mol. The minimum Gasteiger partial charge on any atom is -0.390 e. The fraction of sp³-hybridized carbons (Fsp3) is 0.857. The number of carbonyl (C=O) groups is 2. The molecule has 19 heavy (non-hydrogen) atoms. The van der Waals surface area contributed by atoms with Gasteiger partial charge in [0.1, 0.15) is 0 Å². The van der Waals surface area contributed by atoms with E-state index in [1.54, 1.807) is 0 Å². The molecule has 1 aliphatic heterocycles. The van der Waals surface area contributed by atoms with Gasteiger partial charge in [-0.3, -0.25) is 14.5 Å². The van der Waals surface area contributed by atoms with Crippen LogP contribution >= 0.6 is 0 Å². The SMILES string of the molecule is CC(C)CNCC(O)CN1C(=O)C2CCCC2C1=O. The highest BCUT2D eigenvalue weighted by Crippen LogP contribution is 2.39. The van der Waals surface area contributed by atoms with E-state index in [2.05, 4.69) is 19.2 Å². The van der Waals surface area contributed by atoms with Gasteiger partial charge in [-0.25, -0.2) is 0 Å². The average Bonchev–Trinajstić information content (AvgIpc) is 2.89. The zero-order valence-corrected chi connectivity index (χ0v) is 11.8. The van der Waals surface area contributed by atoms with Crippen molar-refractivity contribution in [3.63, 3.8) is 0 Å². The maximum Gasteiger partial charge on any atom is 0.233 e. The molecule has 1 saturated carbocycles. The molecule has 2 fully saturated rings. The van der Waals surface area contributed by atoms with Gasteiger partial charge in [0, 0.05) is 6.54 Å². The highest BCUT2D eigenvalue weighted by atomic mass is 16.3. The van der Waals surface area contributed by atoms with Crippen LogP contribution in [0.15, 0.2) is 0 Å². The fourth-order valence-corrected chi connectivity index (χ4v) is 3.05. The summed E-state index contributed by atoms with van der Waals surface area (Å²) in [4.78, 5) is 25.5. The average molecular weight is 268 g/mol. The van der Waals surface area contributed by atoms with Gasteiger partial charge in [0.05, 0.1) is 24.5 Å². The van der Waals surface area contributed by atoms with Crippen molar-refractivity contribution in [1.82, 2.24) is 10.2 Å². The molecule has 0 aromatic carbocycles. The number of hydrogen-bond donors (Lipinski definition) is 2. The first kappa shape index (κ1) is 14.5. The number of carbonyl (C=O) groups excluding carboxylic acids is 2. The van der Waals surface area contributed by atoms with E-state index in [9.17, 15) is 14.7 Å². The van der Waals surface area contributed by atoms with Gasteiger partial charge in [0.2, 0.25) is 11.8 Å². The summed E-state index contributed by atoms with van der Waals surface area (Å²) in [6, 6.07) is 0. The van der Waals surface area contributed by atoms with E-state index in [0.717, 1.165) is 25.8 Å². The van der Waals surface area contributed by atoms with Gasteiger partial charge < -0.3 is 10.4 Å². The topological polar surface area (TPSA) is 69.6 Å². The van der Waals surface area contributed by atoms with Gasteiger partial charge in [-0.1, -0.05) is 20.3 Å². The zero-order valence-electron chi connectivity index (χ0n) is 11.8. The first-order valence-corrected chi connectivity index (χ1v) is 7.24. The number of likely N-dealkylation sites (tertiary alicyclic amines) is 1. The molecule has 5 heteroatoms. The number of amides is 2. The first-order valence-electron chi connectivity index (χ1n) is 7.24. The molecule has 0 aromatic heterocycles. The Morgan fingerprint density at radius 2 is 1.79 bits per heavy atom. The number of β-amino-alcohol motifs (C(OH)–C–C–N with tert-alkyl or cyclic N) is 1. The number of fused-ring (bicyclic) bond motifs is 1. The molecule has 2 rings (SSSR count). The minimum atomic E-state index is -0.675. The lowest BCUT2D eigenvalue weighted by Gasteiger charge is -2.20. The summed E-state index contributed by atoms with van der Waals surface area (Å²) < 4.78 is 0. The van der Waals surface area contributed by atoms with E-state index in [4.69, 9.17) is 0 Å². The third-order valence-electron chi connectivity index (χ3n) is 4.01. The van der Waals surface area contributed by atoms with E-state index in [-0.39, 0.29) is 30.2 Å². The molecule has 2 amide bonds. The number of nitrogens with zero attached hydrogens (tertiary/aromatic N) is 1. The lowest BCUT2D eigenvalue weighted by atomic mass is 10.00. The summed E-state index contributed by atoms with van der Waals surface area (Å²) in [5.41, 5.74) is 0. The number of imide groups is 1. The molecule has 2 aliphatic rings. The van der Waals surface area contributed by atoms with Crippen LogP contribution in [0.5, 0.6) is 0 Å². The molecule has 0 aromatic rings. The Kier molecular flexibility index (Phi) is 4.58. The Balaban J connectivity index is 1.82. The predicted molar refractivity (Wildman–Crippen MR) is 71.3 cm³/mol. The summed E-state index contributed by atoms with van der Waals surface area (Å²) in [7, 11) is 0. The van der Waals surface area contributed by atoms with Crippen molar-refractivity contribution in [2.75, 3.05) is 19.6 Å². The second kappa shape index (κ2) is 6.01. The molecular formula is C14H24N2O3. The van der Waals surface area contributed by atoms with Crippen molar-refractivity contribution in [3.05, 3.63) is 0 Å². The summed E-state index contributed by atoms with van der Waals surface area (Å²) in [6.45, 7) is 5.56. The van der Waals surface area contributed by atoms with E-state index in [1.165, 1.54) is 4.90 Å². The van der Waals surface area contributed by atoms with Gasteiger partial charge in [-0.2, -0.15) is 0 Å². The number of aliphatic hydroxyl groups is 1. The zero-order chi connectivity index (χ0) is 14.0. The molecule has 2 N–H and O–H groups in total. The molecule has 3 atom stereocenters. The number of nitrogens with one attached hydrogen (secondary N) is 1. The van der Waals surface area contributed by atoms with Crippen LogP contribution in [-0.4, -0.2) is 47.6 Å². The van der Waals surface area contributed by atoms with Crippen molar-refractivity contribution in [2.24, 2.45) is 17.8 Å². The van der Waals surface area contributed by atoms with Gasteiger partial charge in [0.25, 0.3) is 0 Å². The smallest absolute Gasteiger partial charge is 0.233 e. The van der Waals surface area contributed by atoms with E-state index in [1.807, 2.05) is 0 Å². The number of hydrogen-bond acceptors (Lipinski definition) is 4. The molecule has 1 heterocycles. The van der Waals surface area contributed by atoms with Gasteiger partial charge in [0.15, 0.2) is 0 Å². The van der Waals surface area contributed by atoms with Gasteiger partial charge >= 0.3 is 0 Å². The second-order valence-corrected chi connectivity index (χ2v) is 6.14. The second-order valence-electron chi connectivity index (χ2n) is 6.14. The van der Waals surface area contributed by atoms with Crippen LogP contribution in [0.4, 0.5) is 0 Å². The molecule has 3 unspecified atom stereocenters. The quantitative estimate of drug-likeness (QED) is 0.683. The van der Waals surface area contributed by atoms with Crippen molar-refractivity contribution in [2.45, 2.75) is 39.2 Å². The number of aliphatic hydroxyl groups excluding tert-OH is 1. The van der Waals surface area contributed by atoms with Gasteiger partial charge in [-0.15, -0.1) is 0 Å². The normalized spacial score (nSPS) is 28.3. The summed E-state index contributed by atoms with van der Waals surface area (Å²) in [5.74, 6) is 0.152. The Morgan fingerprint density at radius 3 is 2.32 bits per heavy atom. The fourth-order valence-electron chi connectivity index (χ4n) is 3.05. The minimum absolute atomic E-state index is 0.0737. The van der Waals surface area contributed by atoms with Crippen molar-refractivity contribution < 1.29 is 14.7 Å². The molecule has 0 spiro atoms. The van der Waals surface area contributed by atoms with Crippen LogP contribution in [0.25, 0.3) is 0 Å². The third kappa shape index (κ3) is 3.15. The Morgan fingerprint density at radius 1 is 1.21 bits per heavy atom. The van der Waals surface area contributed by atoms with Crippen LogP contribution in [0, 0.1) is 17.8 Å². The number of rotatable bonds is 6. The summed E-state index contributed by atoms with van der Waals surface area (Å²) >= 11 is 0. The summed E-state index contributed by atoms with van der Waals surface area (Å²) in [6.07, 6.45) is 1.95. The maximum atomic E-state index is 12.1. The highest BCUT2D eigenvalue weighted by molar-refractivity contribution is 6.05. The van der Waals surface area contributed by atoms with Crippen LogP contribution in [0.1, 0.15) is 33.1 Å². The molecule has 108 valence electrons. The first-order chi connectivity index (χ1) is 9.00. The Hall–Kier alpha value is -0.940. The lowest BCUT2D eigenvalue weighted by molar-refractivity contribution is -0.141. The molecule has 1 saturated heterocycles. The molecule has 5 nitrogen and oxygen atoms in total. The molecule has 0 radical (unpaired) electrons. The highest BCUT2D eigenvalue weighted by Gasteiger charge is 2.49. The Labute approximate surface area is 114 Å². The van der Waals surface area contributed by atoms with Crippen molar-refractivity contribution >= 4 is 11.8 Å². The molecule has 1 aliphatic carbocycles. The van der Waals surface area contributed by atoms with Crippen molar-refractivity contribution in [1.29, 1.82) is 0 Å². The van der Waals surface area contributed by atoms with Crippen LogP contribution in [0.3, 0.4) is 0 Å². The van der Waals surface area contributed by atoms with E-state index in [0.29, 0.717) is 12.5 Å². The maximum absolute atomic E-state index is 12.1. The van der Waals surface area contributed by atoms with Gasteiger partial charge in [-0.05, 0) is 25.3 Å². The van der Waals surface area contributed by atoms with Crippen LogP contribution in [-0.2, 0) is 9.59 Å². The standard InChI is InChI=1S/C14H24N2O3/c1-9(2)6-15-7-10(17)8-16-13(18)11-4-3-5-12(11)14(16)19/h9-12,15,17H,3-8H2,1-2H3. The monoisotopic (exact) mass is 268 g/mol. The van der Waals surface area contributed by atoms with Crippen LogP contribution < -0.4 is 5.32 Å². The van der Waals surface area contributed by atoms with E-state index >= 15 is 0 Å².